The van der Waals surface area contributed by atoms with Crippen LogP contribution in [0.1, 0.15) is 15.9 Å². The summed E-state index contributed by atoms with van der Waals surface area (Å²) in [7, 11) is 0. The quantitative estimate of drug-likeness (QED) is 0.682. The Hall–Kier alpha value is -2.28. The molecule has 3 rings (SSSR count). The van der Waals surface area contributed by atoms with Crippen molar-refractivity contribution < 1.29 is 13.9 Å². The summed E-state index contributed by atoms with van der Waals surface area (Å²) in [5.41, 5.74) is 1.29. The molecule has 0 aliphatic rings. The summed E-state index contributed by atoms with van der Waals surface area (Å²) in [6, 6.07) is 7.83. The van der Waals surface area contributed by atoms with E-state index in [1.807, 2.05) is 0 Å². The molecule has 5 nitrogen and oxygen atoms in total. The number of halogens is 2. The van der Waals surface area contributed by atoms with Crippen molar-refractivity contribution in [3.05, 3.63) is 64.3 Å². The Morgan fingerprint density at radius 2 is 2.19 bits per heavy atom. The highest BCUT2D eigenvalue weighted by atomic mass is 79.9. The zero-order valence-corrected chi connectivity index (χ0v) is 12.2. The molecule has 0 aliphatic carbocycles. The number of carbonyl (C=O) groups excluding carboxylic acids is 1. The van der Waals surface area contributed by atoms with Crippen molar-refractivity contribution in [3.8, 4) is 0 Å². The molecule has 1 aromatic carbocycles. The van der Waals surface area contributed by atoms with Gasteiger partial charge in [-0.15, -0.1) is 10.2 Å². The molecule has 3 aromatic rings. The SMILES string of the molecule is O=C(OCc1ccc(Br)cc1F)c1ccc2nncn2c1. The van der Waals surface area contributed by atoms with Crippen LogP contribution in [0.5, 0.6) is 0 Å². The molecule has 0 spiro atoms. The van der Waals surface area contributed by atoms with Gasteiger partial charge < -0.3 is 4.74 Å². The number of pyridine rings is 1. The fourth-order valence-corrected chi connectivity index (χ4v) is 2.15. The molecule has 0 aliphatic heterocycles. The summed E-state index contributed by atoms with van der Waals surface area (Å²) in [5.74, 6) is -0.959. The van der Waals surface area contributed by atoms with Gasteiger partial charge in [0.1, 0.15) is 18.8 Å². The second-order valence-corrected chi connectivity index (χ2v) is 5.24. The predicted molar refractivity (Wildman–Crippen MR) is 76.2 cm³/mol. The van der Waals surface area contributed by atoms with E-state index in [0.717, 1.165) is 0 Å². The van der Waals surface area contributed by atoms with E-state index in [0.29, 0.717) is 21.2 Å². The van der Waals surface area contributed by atoms with Gasteiger partial charge in [-0.3, -0.25) is 4.40 Å². The van der Waals surface area contributed by atoms with Crippen LogP contribution in [0.4, 0.5) is 4.39 Å². The second kappa shape index (κ2) is 5.61. The smallest absolute Gasteiger partial charge is 0.339 e. The van der Waals surface area contributed by atoms with E-state index in [9.17, 15) is 9.18 Å². The van der Waals surface area contributed by atoms with E-state index < -0.39 is 11.8 Å². The molecule has 0 atom stereocenters. The zero-order chi connectivity index (χ0) is 14.8. The molecule has 0 fully saturated rings. The third-order valence-corrected chi connectivity index (χ3v) is 3.39. The van der Waals surface area contributed by atoms with Crippen molar-refractivity contribution >= 4 is 27.5 Å². The highest BCUT2D eigenvalue weighted by Crippen LogP contribution is 2.16. The van der Waals surface area contributed by atoms with Gasteiger partial charge in [0.15, 0.2) is 5.65 Å². The molecule has 21 heavy (non-hydrogen) atoms. The Bertz CT molecular complexity index is 819. The number of nitrogens with zero attached hydrogens (tertiary/aromatic N) is 3. The van der Waals surface area contributed by atoms with Crippen LogP contribution in [0.15, 0.2) is 47.3 Å². The van der Waals surface area contributed by atoms with E-state index in [-0.39, 0.29) is 6.61 Å². The maximum atomic E-state index is 13.6. The lowest BCUT2D eigenvalue weighted by Crippen LogP contribution is -2.07. The van der Waals surface area contributed by atoms with Gasteiger partial charge in [-0.2, -0.15) is 0 Å². The molecule has 0 amide bonds. The lowest BCUT2D eigenvalue weighted by atomic mass is 10.2. The van der Waals surface area contributed by atoms with Crippen molar-refractivity contribution in [3.63, 3.8) is 0 Å². The lowest BCUT2D eigenvalue weighted by Gasteiger charge is -2.06. The van der Waals surface area contributed by atoms with Crippen LogP contribution in [0, 0.1) is 5.82 Å². The molecule has 0 saturated carbocycles. The minimum Gasteiger partial charge on any atom is -0.457 e. The molecule has 2 heterocycles. The van der Waals surface area contributed by atoms with E-state index in [2.05, 4.69) is 26.1 Å². The van der Waals surface area contributed by atoms with Gasteiger partial charge >= 0.3 is 5.97 Å². The summed E-state index contributed by atoms with van der Waals surface area (Å²) in [6.07, 6.45) is 3.05. The Morgan fingerprint density at radius 3 is 3.00 bits per heavy atom. The van der Waals surface area contributed by atoms with Crippen molar-refractivity contribution in [1.29, 1.82) is 0 Å². The molecule has 0 saturated heterocycles. The molecule has 0 radical (unpaired) electrons. The fraction of sp³-hybridized carbons (Fsp3) is 0.0714. The summed E-state index contributed by atoms with van der Waals surface area (Å²) in [6.45, 7) is -0.127. The van der Waals surface area contributed by atoms with E-state index in [1.165, 1.54) is 12.4 Å². The zero-order valence-electron chi connectivity index (χ0n) is 10.7. The van der Waals surface area contributed by atoms with Crippen LogP contribution in [0.2, 0.25) is 0 Å². The standard InChI is InChI=1S/C14H9BrFN3O2/c15-11-3-1-10(12(16)5-11)7-21-14(20)9-2-4-13-18-17-8-19(13)6-9/h1-6,8H,7H2. The average molecular weight is 350 g/mol. The lowest BCUT2D eigenvalue weighted by molar-refractivity contribution is 0.0468. The highest BCUT2D eigenvalue weighted by Gasteiger charge is 2.11. The maximum Gasteiger partial charge on any atom is 0.339 e. The summed E-state index contributed by atoms with van der Waals surface area (Å²) in [5, 5.41) is 7.56. The molecule has 0 unspecified atom stereocenters. The Labute approximate surface area is 127 Å². The van der Waals surface area contributed by atoms with Crippen molar-refractivity contribution in [2.75, 3.05) is 0 Å². The van der Waals surface area contributed by atoms with Crippen molar-refractivity contribution in [1.82, 2.24) is 14.6 Å². The number of aromatic nitrogens is 3. The second-order valence-electron chi connectivity index (χ2n) is 4.33. The Kier molecular flexibility index (Phi) is 3.66. The van der Waals surface area contributed by atoms with Crippen LogP contribution in [0.25, 0.3) is 5.65 Å². The number of fused-ring (bicyclic) bond motifs is 1. The van der Waals surface area contributed by atoms with E-state index in [1.54, 1.807) is 34.9 Å². The Balaban J connectivity index is 1.73. The molecule has 0 bridgehead atoms. The molecule has 0 N–H and O–H groups in total. The number of rotatable bonds is 3. The van der Waals surface area contributed by atoms with Gasteiger partial charge in [0.25, 0.3) is 0 Å². The summed E-state index contributed by atoms with van der Waals surface area (Å²) >= 11 is 3.17. The van der Waals surface area contributed by atoms with Gasteiger partial charge in [0, 0.05) is 16.2 Å². The molecule has 2 aromatic heterocycles. The monoisotopic (exact) mass is 349 g/mol. The molecular weight excluding hydrogens is 341 g/mol. The number of esters is 1. The summed E-state index contributed by atoms with van der Waals surface area (Å²) in [4.78, 5) is 12.0. The number of carbonyl (C=O) groups is 1. The first-order valence-corrected chi connectivity index (χ1v) is 6.83. The molecule has 106 valence electrons. The predicted octanol–water partition coefficient (Wildman–Crippen LogP) is 2.99. The first-order chi connectivity index (χ1) is 10.1. The van der Waals surface area contributed by atoms with Gasteiger partial charge in [-0.1, -0.05) is 22.0 Å². The Morgan fingerprint density at radius 1 is 1.33 bits per heavy atom. The van der Waals surface area contributed by atoms with Gasteiger partial charge in [0.05, 0.1) is 5.56 Å². The van der Waals surface area contributed by atoms with Crippen LogP contribution in [-0.4, -0.2) is 20.6 Å². The van der Waals surface area contributed by atoms with Gasteiger partial charge in [0.2, 0.25) is 0 Å². The van der Waals surface area contributed by atoms with Crippen LogP contribution in [-0.2, 0) is 11.3 Å². The average Bonchev–Trinajstić information content (AvgIpc) is 2.93. The van der Waals surface area contributed by atoms with Crippen molar-refractivity contribution in [2.24, 2.45) is 0 Å². The third-order valence-electron chi connectivity index (χ3n) is 2.90. The molecular formula is C14H9BrFN3O2. The normalized spacial score (nSPS) is 10.8. The minimum atomic E-state index is -0.534. The van der Waals surface area contributed by atoms with Crippen LogP contribution >= 0.6 is 15.9 Å². The van der Waals surface area contributed by atoms with Gasteiger partial charge in [-0.05, 0) is 24.3 Å². The van der Waals surface area contributed by atoms with Crippen LogP contribution in [0.3, 0.4) is 0 Å². The first-order valence-electron chi connectivity index (χ1n) is 6.04. The van der Waals surface area contributed by atoms with E-state index in [4.69, 9.17) is 4.74 Å². The third kappa shape index (κ3) is 2.92. The largest absolute Gasteiger partial charge is 0.457 e. The number of benzene rings is 1. The number of ether oxygens (including phenoxy) is 1. The minimum absolute atomic E-state index is 0.127. The maximum absolute atomic E-state index is 13.6. The fourth-order valence-electron chi connectivity index (χ4n) is 1.81. The number of hydrogen-bond acceptors (Lipinski definition) is 4. The number of hydrogen-bond donors (Lipinski definition) is 0. The topological polar surface area (TPSA) is 56.5 Å². The van der Waals surface area contributed by atoms with Gasteiger partial charge in [-0.25, -0.2) is 9.18 Å². The highest BCUT2D eigenvalue weighted by molar-refractivity contribution is 9.10. The molecule has 7 heteroatoms. The van der Waals surface area contributed by atoms with Crippen LogP contribution < -0.4 is 0 Å². The first kappa shape index (κ1) is 13.7. The summed E-state index contributed by atoms with van der Waals surface area (Å²) < 4.78 is 21.0. The van der Waals surface area contributed by atoms with Crippen molar-refractivity contribution in [2.45, 2.75) is 6.61 Å². The van der Waals surface area contributed by atoms with E-state index >= 15 is 0 Å².